The minimum atomic E-state index is -0.000717. The first kappa shape index (κ1) is 16.6. The lowest BCUT2D eigenvalue weighted by Gasteiger charge is -2.35. The van der Waals surface area contributed by atoms with E-state index in [1.807, 2.05) is 37.1 Å². The molecule has 6 heteroatoms. The summed E-state index contributed by atoms with van der Waals surface area (Å²) >= 11 is 0. The van der Waals surface area contributed by atoms with Crippen molar-refractivity contribution in [2.24, 2.45) is 0 Å². The molecule has 0 aliphatic carbocycles. The van der Waals surface area contributed by atoms with E-state index in [2.05, 4.69) is 15.3 Å². The Morgan fingerprint density at radius 1 is 1.50 bits per heavy atom. The fourth-order valence-electron chi connectivity index (χ4n) is 3.26. The predicted molar refractivity (Wildman–Crippen MR) is 91.6 cm³/mol. The number of imidazole rings is 1. The first-order valence-corrected chi connectivity index (χ1v) is 8.75. The third-order valence-electron chi connectivity index (χ3n) is 4.59. The van der Waals surface area contributed by atoms with Gasteiger partial charge < -0.3 is 19.6 Å². The van der Waals surface area contributed by atoms with Crippen LogP contribution in [0, 0.1) is 6.92 Å². The molecule has 130 valence electrons. The van der Waals surface area contributed by atoms with Crippen LogP contribution in [0.3, 0.4) is 0 Å². The van der Waals surface area contributed by atoms with Crippen LogP contribution in [0.1, 0.15) is 56.0 Å². The second-order valence-electron chi connectivity index (χ2n) is 6.58. The van der Waals surface area contributed by atoms with E-state index in [0.717, 1.165) is 56.0 Å². The molecule has 24 heavy (non-hydrogen) atoms. The number of hydrogen-bond acceptors (Lipinski definition) is 3. The molecule has 6 nitrogen and oxygen atoms in total. The average molecular weight is 330 g/mol. The van der Waals surface area contributed by atoms with Gasteiger partial charge in [0.05, 0.1) is 6.04 Å². The lowest BCUT2D eigenvalue weighted by atomic mass is 10.0. The van der Waals surface area contributed by atoms with E-state index in [4.69, 9.17) is 4.42 Å². The van der Waals surface area contributed by atoms with Gasteiger partial charge in [-0.3, -0.25) is 0 Å². The molecule has 3 heterocycles. The molecule has 0 radical (unpaired) electrons. The quantitative estimate of drug-likeness (QED) is 0.880. The Labute approximate surface area is 142 Å². The van der Waals surface area contributed by atoms with Crippen molar-refractivity contribution in [1.29, 1.82) is 0 Å². The molecule has 0 aromatic carbocycles. The normalized spacial score (nSPS) is 19.2. The lowest BCUT2D eigenvalue weighted by molar-refractivity contribution is 0.145. The van der Waals surface area contributed by atoms with Gasteiger partial charge in [-0.25, -0.2) is 9.78 Å². The van der Waals surface area contributed by atoms with Gasteiger partial charge in [0.1, 0.15) is 17.3 Å². The average Bonchev–Trinajstić information content (AvgIpc) is 3.24. The van der Waals surface area contributed by atoms with E-state index in [0.29, 0.717) is 0 Å². The number of carbonyl (C=O) groups is 1. The lowest BCUT2D eigenvalue weighted by Crippen LogP contribution is -2.47. The number of H-pyrrole nitrogens is 1. The number of aromatic nitrogens is 2. The molecule has 2 atom stereocenters. The van der Waals surface area contributed by atoms with E-state index >= 15 is 0 Å². The molecule has 1 aliphatic rings. The van der Waals surface area contributed by atoms with Crippen molar-refractivity contribution < 1.29 is 9.21 Å². The number of likely N-dealkylation sites (tertiary alicyclic amines) is 1. The third-order valence-corrected chi connectivity index (χ3v) is 4.59. The molecule has 1 saturated heterocycles. The largest absolute Gasteiger partial charge is 0.466 e. The highest BCUT2D eigenvalue weighted by Crippen LogP contribution is 2.28. The Balaban J connectivity index is 1.54. The second kappa shape index (κ2) is 7.55. The van der Waals surface area contributed by atoms with Crippen molar-refractivity contribution in [2.75, 3.05) is 6.54 Å². The van der Waals surface area contributed by atoms with Gasteiger partial charge in [-0.1, -0.05) is 0 Å². The molecule has 1 fully saturated rings. The number of aryl methyl sites for hydroxylation is 2. The SMILES string of the molecule is Cc1ccc(CC[C@H](C)NC(=O)N2CCCC[C@@H]2c2ncc[nH]2)o1. The molecule has 2 aromatic rings. The van der Waals surface area contributed by atoms with Crippen LogP contribution in [-0.2, 0) is 6.42 Å². The van der Waals surface area contributed by atoms with Crippen molar-refractivity contribution in [3.8, 4) is 0 Å². The van der Waals surface area contributed by atoms with E-state index < -0.39 is 0 Å². The van der Waals surface area contributed by atoms with Crippen LogP contribution < -0.4 is 5.32 Å². The Morgan fingerprint density at radius 2 is 2.38 bits per heavy atom. The summed E-state index contributed by atoms with van der Waals surface area (Å²) in [5.41, 5.74) is 0. The summed E-state index contributed by atoms with van der Waals surface area (Å²) in [7, 11) is 0. The summed E-state index contributed by atoms with van der Waals surface area (Å²) in [5, 5.41) is 3.12. The van der Waals surface area contributed by atoms with Crippen LogP contribution in [0.5, 0.6) is 0 Å². The molecule has 0 saturated carbocycles. The number of piperidine rings is 1. The van der Waals surface area contributed by atoms with Crippen LogP contribution in [0.4, 0.5) is 4.79 Å². The zero-order chi connectivity index (χ0) is 16.9. The summed E-state index contributed by atoms with van der Waals surface area (Å²) in [6, 6.07) is 4.12. The van der Waals surface area contributed by atoms with Crippen molar-refractivity contribution >= 4 is 6.03 Å². The molecular formula is C18H26N4O2. The van der Waals surface area contributed by atoms with Gasteiger partial charge in [-0.05, 0) is 51.7 Å². The van der Waals surface area contributed by atoms with Gasteiger partial charge in [0.15, 0.2) is 0 Å². The molecule has 0 spiro atoms. The summed E-state index contributed by atoms with van der Waals surface area (Å²) in [6.45, 7) is 4.76. The number of carbonyl (C=O) groups excluding carboxylic acids is 1. The van der Waals surface area contributed by atoms with E-state index in [-0.39, 0.29) is 18.1 Å². The maximum Gasteiger partial charge on any atom is 0.318 e. The first-order chi connectivity index (χ1) is 11.6. The number of aromatic amines is 1. The summed E-state index contributed by atoms with van der Waals surface area (Å²) < 4.78 is 5.59. The number of nitrogens with one attached hydrogen (secondary N) is 2. The number of nitrogens with zero attached hydrogens (tertiary/aromatic N) is 2. The first-order valence-electron chi connectivity index (χ1n) is 8.75. The number of amides is 2. The van der Waals surface area contributed by atoms with Gasteiger partial charge in [0.2, 0.25) is 0 Å². The highest BCUT2D eigenvalue weighted by molar-refractivity contribution is 5.75. The molecule has 2 amide bonds. The van der Waals surface area contributed by atoms with E-state index in [9.17, 15) is 4.79 Å². The number of urea groups is 1. The fourth-order valence-corrected chi connectivity index (χ4v) is 3.26. The van der Waals surface area contributed by atoms with Crippen LogP contribution >= 0.6 is 0 Å². The van der Waals surface area contributed by atoms with Gasteiger partial charge in [0.25, 0.3) is 0 Å². The molecule has 0 bridgehead atoms. The van der Waals surface area contributed by atoms with Crippen LogP contribution in [-0.4, -0.2) is 33.5 Å². The van der Waals surface area contributed by atoms with Gasteiger partial charge in [-0.2, -0.15) is 0 Å². The van der Waals surface area contributed by atoms with E-state index in [1.54, 1.807) is 6.20 Å². The van der Waals surface area contributed by atoms with Crippen molar-refractivity contribution in [2.45, 2.75) is 58.0 Å². The van der Waals surface area contributed by atoms with Gasteiger partial charge >= 0.3 is 6.03 Å². The standard InChI is InChI=1S/C18H26N4O2/c1-13(6-8-15-9-7-14(2)24-15)21-18(23)22-12-4-3-5-16(22)17-19-10-11-20-17/h7,9-11,13,16H,3-6,8,12H2,1-2H3,(H,19,20)(H,21,23)/t13-,16+/m0/s1. The Hall–Kier alpha value is -2.24. The minimum Gasteiger partial charge on any atom is -0.466 e. The smallest absolute Gasteiger partial charge is 0.318 e. The zero-order valence-electron chi connectivity index (χ0n) is 14.4. The molecule has 2 N–H and O–H groups in total. The van der Waals surface area contributed by atoms with Crippen molar-refractivity contribution in [1.82, 2.24) is 20.2 Å². The molecule has 0 unspecified atom stereocenters. The number of rotatable bonds is 5. The Bertz CT molecular complexity index is 650. The zero-order valence-corrected chi connectivity index (χ0v) is 14.4. The number of furan rings is 1. The van der Waals surface area contributed by atoms with Gasteiger partial charge in [-0.15, -0.1) is 0 Å². The predicted octanol–water partition coefficient (Wildman–Crippen LogP) is 3.57. The fraction of sp³-hybridized carbons (Fsp3) is 0.556. The van der Waals surface area contributed by atoms with E-state index in [1.165, 1.54) is 0 Å². The molecule has 2 aromatic heterocycles. The summed E-state index contributed by atoms with van der Waals surface area (Å²) in [4.78, 5) is 22.1. The van der Waals surface area contributed by atoms with Gasteiger partial charge in [0, 0.05) is 31.4 Å². The maximum absolute atomic E-state index is 12.7. The highest BCUT2D eigenvalue weighted by Gasteiger charge is 2.30. The number of hydrogen-bond donors (Lipinski definition) is 2. The van der Waals surface area contributed by atoms with Crippen LogP contribution in [0.15, 0.2) is 28.9 Å². The molecule has 1 aliphatic heterocycles. The Kier molecular flexibility index (Phi) is 5.23. The van der Waals surface area contributed by atoms with Crippen molar-refractivity contribution in [3.05, 3.63) is 41.9 Å². The minimum absolute atomic E-state index is 0.000717. The van der Waals surface area contributed by atoms with Crippen LogP contribution in [0.25, 0.3) is 0 Å². The molecular weight excluding hydrogens is 304 g/mol. The topological polar surface area (TPSA) is 74.2 Å². The third kappa shape index (κ3) is 3.99. The summed E-state index contributed by atoms with van der Waals surface area (Å²) in [6.07, 6.45) is 8.38. The Morgan fingerprint density at radius 3 is 3.08 bits per heavy atom. The monoisotopic (exact) mass is 330 g/mol. The van der Waals surface area contributed by atoms with Crippen LogP contribution in [0.2, 0.25) is 0 Å². The second-order valence-corrected chi connectivity index (χ2v) is 6.58. The maximum atomic E-state index is 12.7. The highest BCUT2D eigenvalue weighted by atomic mass is 16.3. The van der Waals surface area contributed by atoms with Crippen molar-refractivity contribution in [3.63, 3.8) is 0 Å². The molecule has 3 rings (SSSR count). The summed E-state index contributed by atoms with van der Waals surface area (Å²) in [5.74, 6) is 2.78.